The van der Waals surface area contributed by atoms with E-state index in [0.717, 1.165) is 5.39 Å². The van der Waals surface area contributed by atoms with E-state index in [9.17, 15) is 4.79 Å². The topological polar surface area (TPSA) is 48.7 Å². The Hall–Kier alpha value is -1.68. The molecular weight excluding hydrogens is 232 g/mol. The number of hydrogen-bond donors (Lipinski definition) is 0. The predicted molar refractivity (Wildman–Crippen MR) is 60.4 cm³/mol. The molecule has 0 unspecified atom stereocenters. The van der Waals surface area contributed by atoms with E-state index in [0.29, 0.717) is 17.1 Å². The fourth-order valence-corrected chi connectivity index (χ4v) is 1.52. The molecule has 2 aromatic rings. The lowest BCUT2D eigenvalue weighted by Crippen LogP contribution is -1.97. The fraction of sp³-hybridized carbons (Fsp3) is 0.182. The summed E-state index contributed by atoms with van der Waals surface area (Å²) < 4.78 is 15.3. The van der Waals surface area contributed by atoms with Crippen LogP contribution in [-0.2, 0) is 0 Å². The average Bonchev–Trinajstić information content (AvgIpc) is 2.28. The van der Waals surface area contributed by atoms with Gasteiger partial charge in [-0.2, -0.15) is 0 Å². The molecule has 0 radical (unpaired) electrons. The Bertz CT molecular complexity index is 561. The third-order valence-corrected chi connectivity index (χ3v) is 2.22. The van der Waals surface area contributed by atoms with E-state index in [-0.39, 0.29) is 6.07 Å². The lowest BCUT2D eigenvalue weighted by Gasteiger charge is -2.08. The summed E-state index contributed by atoms with van der Waals surface area (Å²) in [7, 11) is 1.53. The Labute approximate surface area is 96.3 Å². The zero-order chi connectivity index (χ0) is 11.5. The number of rotatable bonds is 3. The zero-order valence-corrected chi connectivity index (χ0v) is 9.28. The molecule has 1 heterocycles. The van der Waals surface area contributed by atoms with E-state index in [1.807, 2.05) is 0 Å². The number of alkyl halides is 1. The van der Waals surface area contributed by atoms with Crippen molar-refractivity contribution in [2.24, 2.45) is 0 Å². The summed E-state index contributed by atoms with van der Waals surface area (Å²) in [6.07, 6.45) is 0. The van der Waals surface area contributed by atoms with Crippen LogP contribution in [0.4, 0.5) is 0 Å². The van der Waals surface area contributed by atoms with Gasteiger partial charge in [0.05, 0.1) is 7.11 Å². The molecule has 0 atom stereocenters. The number of hydrogen-bond acceptors (Lipinski definition) is 4. The van der Waals surface area contributed by atoms with Gasteiger partial charge in [0, 0.05) is 17.5 Å². The largest absolute Gasteiger partial charge is 0.493 e. The van der Waals surface area contributed by atoms with E-state index in [1.165, 1.54) is 13.2 Å². The third kappa shape index (κ3) is 1.97. The molecule has 0 aliphatic rings. The van der Waals surface area contributed by atoms with Crippen LogP contribution in [0.5, 0.6) is 11.5 Å². The monoisotopic (exact) mass is 240 g/mol. The normalized spacial score (nSPS) is 10.4. The van der Waals surface area contributed by atoms with Crippen LogP contribution in [0.1, 0.15) is 0 Å². The lowest BCUT2D eigenvalue weighted by molar-refractivity contribution is 0.341. The van der Waals surface area contributed by atoms with Gasteiger partial charge < -0.3 is 13.9 Å². The molecule has 0 saturated carbocycles. The van der Waals surface area contributed by atoms with Crippen molar-refractivity contribution in [1.29, 1.82) is 0 Å². The van der Waals surface area contributed by atoms with Crippen molar-refractivity contribution in [1.82, 2.24) is 0 Å². The van der Waals surface area contributed by atoms with Crippen LogP contribution < -0.4 is 15.1 Å². The number of methoxy groups -OCH3 is 1. The summed E-state index contributed by atoms with van der Waals surface area (Å²) in [5.41, 5.74) is 0.0305. The molecule has 0 amide bonds. The molecular formula is C11H9ClO4. The highest BCUT2D eigenvalue weighted by atomic mass is 35.5. The van der Waals surface area contributed by atoms with Gasteiger partial charge in [-0.15, -0.1) is 0 Å². The van der Waals surface area contributed by atoms with Gasteiger partial charge in [0.2, 0.25) is 0 Å². The van der Waals surface area contributed by atoms with Crippen LogP contribution in [0.15, 0.2) is 33.5 Å². The summed E-state index contributed by atoms with van der Waals surface area (Å²) >= 11 is 5.48. The van der Waals surface area contributed by atoms with Crippen LogP contribution in [0, 0.1) is 0 Å². The smallest absolute Gasteiger partial charge is 0.336 e. The first-order chi connectivity index (χ1) is 7.74. The lowest BCUT2D eigenvalue weighted by atomic mass is 10.2. The summed E-state index contributed by atoms with van der Waals surface area (Å²) in [5.74, 6) is 0.987. The van der Waals surface area contributed by atoms with Crippen LogP contribution in [0.25, 0.3) is 11.0 Å². The first kappa shape index (κ1) is 10.8. The second-order valence-corrected chi connectivity index (χ2v) is 3.27. The highest BCUT2D eigenvalue weighted by molar-refractivity contribution is 6.17. The SMILES string of the molecule is COc1cc2ccc(=O)oc2cc1OCCl. The van der Waals surface area contributed by atoms with Crippen LogP contribution >= 0.6 is 11.6 Å². The molecule has 5 heteroatoms. The van der Waals surface area contributed by atoms with E-state index >= 15 is 0 Å². The van der Waals surface area contributed by atoms with E-state index in [1.54, 1.807) is 18.2 Å². The molecule has 16 heavy (non-hydrogen) atoms. The minimum Gasteiger partial charge on any atom is -0.493 e. The van der Waals surface area contributed by atoms with Crippen molar-refractivity contribution in [3.63, 3.8) is 0 Å². The maximum absolute atomic E-state index is 11.0. The molecule has 4 nitrogen and oxygen atoms in total. The molecule has 2 rings (SSSR count). The van der Waals surface area contributed by atoms with Crippen molar-refractivity contribution >= 4 is 22.6 Å². The van der Waals surface area contributed by atoms with Gasteiger partial charge in [0.1, 0.15) is 5.58 Å². The Morgan fingerprint density at radius 2 is 2.12 bits per heavy atom. The zero-order valence-electron chi connectivity index (χ0n) is 8.53. The van der Waals surface area contributed by atoms with Gasteiger partial charge in [-0.05, 0) is 12.1 Å². The van der Waals surface area contributed by atoms with Gasteiger partial charge in [0.15, 0.2) is 17.6 Å². The molecule has 0 aliphatic carbocycles. The Morgan fingerprint density at radius 1 is 1.31 bits per heavy atom. The fourth-order valence-electron chi connectivity index (χ4n) is 1.41. The van der Waals surface area contributed by atoms with Crippen molar-refractivity contribution in [2.75, 3.05) is 13.2 Å². The average molecular weight is 241 g/mol. The molecule has 1 aromatic carbocycles. The second kappa shape index (κ2) is 4.45. The maximum Gasteiger partial charge on any atom is 0.336 e. The summed E-state index contributed by atoms with van der Waals surface area (Å²) in [6.45, 7) is 0. The first-order valence-corrected chi connectivity index (χ1v) is 5.08. The quantitative estimate of drug-likeness (QED) is 0.611. The first-order valence-electron chi connectivity index (χ1n) is 4.55. The Morgan fingerprint density at radius 3 is 2.81 bits per heavy atom. The minimum absolute atomic E-state index is 0.00106. The van der Waals surface area contributed by atoms with Gasteiger partial charge in [0.25, 0.3) is 0 Å². The number of halogens is 1. The van der Waals surface area contributed by atoms with Crippen molar-refractivity contribution < 1.29 is 13.9 Å². The molecule has 0 N–H and O–H groups in total. The summed E-state index contributed by atoms with van der Waals surface area (Å²) in [5, 5.41) is 0.762. The molecule has 0 aliphatic heterocycles. The molecule has 84 valence electrons. The van der Waals surface area contributed by atoms with E-state index in [4.69, 9.17) is 25.5 Å². The second-order valence-electron chi connectivity index (χ2n) is 3.05. The highest BCUT2D eigenvalue weighted by Gasteiger charge is 2.08. The Balaban J connectivity index is 2.65. The van der Waals surface area contributed by atoms with E-state index < -0.39 is 5.63 Å². The van der Waals surface area contributed by atoms with Gasteiger partial charge in [-0.1, -0.05) is 11.6 Å². The van der Waals surface area contributed by atoms with Crippen molar-refractivity contribution in [3.8, 4) is 11.5 Å². The number of fused-ring (bicyclic) bond motifs is 1. The molecule has 1 aromatic heterocycles. The van der Waals surface area contributed by atoms with Crippen molar-refractivity contribution in [3.05, 3.63) is 34.7 Å². The predicted octanol–water partition coefficient (Wildman–Crippen LogP) is 2.38. The maximum atomic E-state index is 11.0. The van der Waals surface area contributed by atoms with Crippen LogP contribution in [-0.4, -0.2) is 13.2 Å². The van der Waals surface area contributed by atoms with Gasteiger partial charge in [-0.3, -0.25) is 0 Å². The summed E-state index contributed by atoms with van der Waals surface area (Å²) in [4.78, 5) is 11.0. The van der Waals surface area contributed by atoms with Crippen molar-refractivity contribution in [2.45, 2.75) is 0 Å². The number of ether oxygens (including phenoxy) is 2. The van der Waals surface area contributed by atoms with E-state index in [2.05, 4.69) is 0 Å². The highest BCUT2D eigenvalue weighted by Crippen LogP contribution is 2.31. The standard InChI is InChI=1S/C11H9ClO4/c1-14-9-4-7-2-3-11(13)16-8(7)5-10(9)15-6-12/h2-5H,6H2,1H3. The molecule has 0 fully saturated rings. The third-order valence-electron chi connectivity index (χ3n) is 2.12. The molecule has 0 saturated heterocycles. The minimum atomic E-state index is -0.408. The summed E-state index contributed by atoms with van der Waals surface area (Å²) in [6, 6.07) is 6.31. The van der Waals surface area contributed by atoms with Crippen LogP contribution in [0.3, 0.4) is 0 Å². The van der Waals surface area contributed by atoms with Crippen LogP contribution in [0.2, 0.25) is 0 Å². The van der Waals surface area contributed by atoms with Gasteiger partial charge in [-0.25, -0.2) is 4.79 Å². The number of benzene rings is 1. The molecule has 0 spiro atoms. The molecule has 0 bridgehead atoms. The van der Waals surface area contributed by atoms with Gasteiger partial charge >= 0.3 is 5.63 Å². The Kier molecular flexibility index (Phi) is 3.01.